The summed E-state index contributed by atoms with van der Waals surface area (Å²) in [6.07, 6.45) is 0. The van der Waals surface area contributed by atoms with Crippen molar-refractivity contribution in [1.29, 1.82) is 0 Å². The summed E-state index contributed by atoms with van der Waals surface area (Å²) in [4.78, 5) is 37.9. The van der Waals surface area contributed by atoms with Gasteiger partial charge in [0.15, 0.2) is 0 Å². The monoisotopic (exact) mass is 350 g/mol. The van der Waals surface area contributed by atoms with Crippen LogP contribution in [0.1, 0.15) is 0 Å². The smallest absolute Gasteiger partial charge is 0.314 e. The Hall–Kier alpha value is -3.05. The molecule has 24 heavy (non-hydrogen) atoms. The Morgan fingerprint density at radius 1 is 1.17 bits per heavy atom. The molecule has 0 bridgehead atoms. The van der Waals surface area contributed by atoms with Gasteiger partial charge in [0.05, 0.1) is 26.2 Å². The van der Waals surface area contributed by atoms with E-state index >= 15 is 0 Å². The molecule has 0 aliphatic heterocycles. The molecule has 1 heterocycles. The second kappa shape index (κ2) is 5.25. The number of fused-ring (bicyclic) bond motifs is 3. The minimum atomic E-state index is -3.99. The predicted molar refractivity (Wildman–Crippen MR) is 85.6 cm³/mol. The fourth-order valence-electron chi connectivity index (χ4n) is 2.49. The van der Waals surface area contributed by atoms with Crippen LogP contribution in [0, 0.1) is 10.1 Å². The average Bonchev–Trinajstić information content (AvgIpc) is 2.54. The van der Waals surface area contributed by atoms with Gasteiger partial charge in [0.2, 0.25) is 10.0 Å². The Balaban J connectivity index is 2.68. The molecule has 0 spiro atoms. The van der Waals surface area contributed by atoms with Crippen LogP contribution in [-0.2, 0) is 10.0 Å². The molecule has 0 amide bonds. The highest BCUT2D eigenvalue weighted by Crippen LogP contribution is 2.35. The molecule has 0 fully saturated rings. The van der Waals surface area contributed by atoms with Crippen molar-refractivity contribution in [2.75, 3.05) is 7.05 Å². The van der Waals surface area contributed by atoms with Gasteiger partial charge in [-0.3, -0.25) is 19.7 Å². The van der Waals surface area contributed by atoms with E-state index in [9.17, 15) is 28.1 Å². The average molecular weight is 350 g/mol. The number of nitrogens with one attached hydrogen (secondary N) is 3. The lowest BCUT2D eigenvalue weighted by Crippen LogP contribution is -2.29. The van der Waals surface area contributed by atoms with Crippen molar-refractivity contribution < 1.29 is 13.3 Å². The van der Waals surface area contributed by atoms with Gasteiger partial charge in [-0.25, -0.2) is 13.1 Å². The highest BCUT2D eigenvalue weighted by Gasteiger charge is 2.25. The van der Waals surface area contributed by atoms with E-state index in [1.807, 2.05) is 0 Å². The summed E-state index contributed by atoms with van der Waals surface area (Å²) in [7, 11) is -2.81. The third-order valence-corrected chi connectivity index (χ3v) is 5.01. The highest BCUT2D eigenvalue weighted by molar-refractivity contribution is 7.89. The summed E-state index contributed by atoms with van der Waals surface area (Å²) in [5, 5.41) is 11.4. The van der Waals surface area contributed by atoms with E-state index < -0.39 is 31.8 Å². The van der Waals surface area contributed by atoms with Crippen LogP contribution in [0.5, 0.6) is 0 Å². The van der Waals surface area contributed by atoms with Crippen molar-refractivity contribution in [2.24, 2.45) is 0 Å². The molecule has 0 radical (unpaired) electrons. The number of non-ortho nitro benzene ring substituents is 1. The topological polar surface area (TPSA) is 155 Å². The van der Waals surface area contributed by atoms with Crippen molar-refractivity contribution in [3.8, 4) is 0 Å². The molecule has 0 aliphatic rings. The van der Waals surface area contributed by atoms with Crippen LogP contribution >= 0.6 is 0 Å². The number of nitrogens with zero attached hydrogens (tertiary/aromatic N) is 1. The number of aromatic nitrogens is 2. The SMILES string of the molecule is CNS(=O)(=O)c1cccc2c1c([N+](=O)[O-])cc1[nH]c(=O)c(=O)[nH]c12. The third kappa shape index (κ3) is 2.26. The van der Waals surface area contributed by atoms with Crippen molar-refractivity contribution in [3.05, 3.63) is 55.1 Å². The molecule has 0 unspecified atom stereocenters. The number of hydrogen-bond donors (Lipinski definition) is 3. The first-order chi connectivity index (χ1) is 11.3. The maximum Gasteiger partial charge on any atom is 0.314 e. The van der Waals surface area contributed by atoms with E-state index in [0.29, 0.717) is 0 Å². The maximum atomic E-state index is 12.2. The molecule has 11 heteroatoms. The Labute approximate surface area is 133 Å². The van der Waals surface area contributed by atoms with Crippen LogP contribution < -0.4 is 15.8 Å². The molecule has 1 aromatic heterocycles. The Morgan fingerprint density at radius 2 is 1.83 bits per heavy atom. The normalized spacial score (nSPS) is 11.9. The number of aromatic amines is 2. The molecule has 2 aromatic carbocycles. The minimum absolute atomic E-state index is 0.0257. The molecule has 10 nitrogen and oxygen atoms in total. The summed E-state index contributed by atoms with van der Waals surface area (Å²) in [5.74, 6) is 0. The summed E-state index contributed by atoms with van der Waals surface area (Å²) >= 11 is 0. The third-order valence-electron chi connectivity index (χ3n) is 3.55. The van der Waals surface area contributed by atoms with Gasteiger partial charge in [-0.05, 0) is 13.1 Å². The Kier molecular flexibility index (Phi) is 3.46. The quantitative estimate of drug-likeness (QED) is 0.265. The van der Waals surface area contributed by atoms with Crippen molar-refractivity contribution >= 4 is 37.5 Å². The van der Waals surface area contributed by atoms with E-state index in [0.717, 1.165) is 6.07 Å². The lowest BCUT2D eigenvalue weighted by Gasteiger charge is -2.09. The van der Waals surface area contributed by atoms with E-state index in [2.05, 4.69) is 14.7 Å². The first-order valence-corrected chi connectivity index (χ1v) is 8.04. The van der Waals surface area contributed by atoms with Gasteiger partial charge < -0.3 is 9.97 Å². The molecule has 0 aliphatic carbocycles. The van der Waals surface area contributed by atoms with E-state index in [4.69, 9.17) is 0 Å². The maximum absolute atomic E-state index is 12.2. The summed E-state index contributed by atoms with van der Waals surface area (Å²) in [6, 6.07) is 5.05. The van der Waals surface area contributed by atoms with Gasteiger partial charge in [-0.2, -0.15) is 0 Å². The van der Waals surface area contributed by atoms with E-state index in [1.165, 1.54) is 25.2 Å². The van der Waals surface area contributed by atoms with E-state index in [-0.39, 0.29) is 26.7 Å². The zero-order valence-electron chi connectivity index (χ0n) is 12.1. The molecule has 0 atom stereocenters. The van der Waals surface area contributed by atoms with Gasteiger partial charge in [0, 0.05) is 11.5 Å². The number of H-pyrrole nitrogens is 2. The van der Waals surface area contributed by atoms with Gasteiger partial charge >= 0.3 is 11.1 Å². The standard InChI is InChI=1S/C13H10N4O6S/c1-14-24(22,23)9-4-2-3-6-10(9)8(17(20)21)5-7-11(6)16-13(19)12(18)15-7/h2-5,14H,1H3,(H,15,18)(H,16,19). The lowest BCUT2D eigenvalue weighted by molar-refractivity contribution is -0.383. The Bertz CT molecular complexity index is 1220. The van der Waals surface area contributed by atoms with Crippen LogP contribution in [0.3, 0.4) is 0 Å². The molecule has 0 saturated heterocycles. The van der Waals surface area contributed by atoms with Gasteiger partial charge in [0.1, 0.15) is 0 Å². The fraction of sp³-hybridized carbons (Fsp3) is 0.0769. The second-order valence-corrected chi connectivity index (χ2v) is 6.72. The van der Waals surface area contributed by atoms with Crippen LogP contribution in [0.2, 0.25) is 0 Å². The van der Waals surface area contributed by atoms with Crippen LogP contribution in [-0.4, -0.2) is 30.4 Å². The molecule has 3 N–H and O–H groups in total. The number of nitro benzene ring substituents is 1. The number of nitro groups is 1. The highest BCUT2D eigenvalue weighted by atomic mass is 32.2. The summed E-state index contributed by atoms with van der Waals surface area (Å²) in [6.45, 7) is 0. The van der Waals surface area contributed by atoms with E-state index in [1.54, 1.807) is 0 Å². The second-order valence-electron chi connectivity index (χ2n) is 4.87. The first kappa shape index (κ1) is 15.8. The number of sulfonamides is 1. The molecule has 3 rings (SSSR count). The fourth-order valence-corrected chi connectivity index (χ4v) is 3.45. The number of hydrogen-bond acceptors (Lipinski definition) is 6. The number of benzene rings is 2. The van der Waals surface area contributed by atoms with Gasteiger partial charge in [-0.1, -0.05) is 12.1 Å². The van der Waals surface area contributed by atoms with Crippen LogP contribution in [0.4, 0.5) is 5.69 Å². The van der Waals surface area contributed by atoms with Gasteiger partial charge in [-0.15, -0.1) is 0 Å². The molecule has 3 aromatic rings. The van der Waals surface area contributed by atoms with Gasteiger partial charge in [0.25, 0.3) is 5.69 Å². The summed E-state index contributed by atoms with van der Waals surface area (Å²) < 4.78 is 26.5. The predicted octanol–water partition coefficient (Wildman–Crippen LogP) is 0.186. The first-order valence-electron chi connectivity index (χ1n) is 6.56. The minimum Gasteiger partial charge on any atom is -0.316 e. The molecule has 0 saturated carbocycles. The molecular formula is C13H10N4O6S. The number of rotatable bonds is 3. The van der Waals surface area contributed by atoms with Crippen molar-refractivity contribution in [1.82, 2.24) is 14.7 Å². The van der Waals surface area contributed by atoms with Crippen LogP contribution in [0.25, 0.3) is 21.8 Å². The summed E-state index contributed by atoms with van der Waals surface area (Å²) in [5.41, 5.74) is -2.28. The zero-order valence-corrected chi connectivity index (χ0v) is 12.9. The Morgan fingerprint density at radius 3 is 2.46 bits per heavy atom. The molecular weight excluding hydrogens is 340 g/mol. The van der Waals surface area contributed by atoms with Crippen molar-refractivity contribution in [2.45, 2.75) is 4.90 Å². The van der Waals surface area contributed by atoms with Crippen LogP contribution in [0.15, 0.2) is 38.8 Å². The molecule has 124 valence electrons. The van der Waals surface area contributed by atoms with Crippen molar-refractivity contribution in [3.63, 3.8) is 0 Å². The zero-order chi connectivity index (χ0) is 17.6. The lowest BCUT2D eigenvalue weighted by atomic mass is 10.1. The largest absolute Gasteiger partial charge is 0.316 e.